The Labute approximate surface area is 94.9 Å². The van der Waals surface area contributed by atoms with Crippen LogP contribution >= 0.6 is 0 Å². The predicted molar refractivity (Wildman–Crippen MR) is 61.5 cm³/mol. The van der Waals surface area contributed by atoms with E-state index in [1.54, 1.807) is 0 Å². The van der Waals surface area contributed by atoms with Crippen LogP contribution in [0.5, 0.6) is 0 Å². The van der Waals surface area contributed by atoms with Crippen LogP contribution in [0, 0.1) is 0 Å². The third kappa shape index (κ3) is 2.52. The average Bonchev–Trinajstić information content (AvgIpc) is 2.31. The van der Waals surface area contributed by atoms with Gasteiger partial charge in [0.2, 0.25) is 0 Å². The molecule has 86 valence electrons. The second kappa shape index (κ2) is 4.99. The van der Waals surface area contributed by atoms with Gasteiger partial charge in [-0.2, -0.15) is 0 Å². The Bertz CT molecular complexity index is 353. The van der Waals surface area contributed by atoms with Crippen LogP contribution in [0.3, 0.4) is 0 Å². The van der Waals surface area contributed by atoms with Crippen molar-refractivity contribution in [2.24, 2.45) is 0 Å². The van der Waals surface area contributed by atoms with E-state index in [1.165, 1.54) is 10.5 Å². The average molecular weight is 220 g/mol. The molecule has 1 atom stereocenters. The Morgan fingerprint density at radius 1 is 1.44 bits per heavy atom. The van der Waals surface area contributed by atoms with Crippen LogP contribution in [-0.4, -0.2) is 41.8 Å². The number of carboxylic acid groups (broad SMARTS) is 1. The minimum Gasteiger partial charge on any atom is -0.465 e. The summed E-state index contributed by atoms with van der Waals surface area (Å²) in [6, 6.07) is 10.1. The first-order valence-corrected chi connectivity index (χ1v) is 5.51. The number of carbonyl (C=O) groups is 1. The van der Waals surface area contributed by atoms with Gasteiger partial charge in [-0.25, -0.2) is 4.79 Å². The SMILES string of the molecule is O=C(O)N1CCNC[C@@H]1Cc1ccccc1. The molecule has 0 spiro atoms. The molecule has 0 aromatic heterocycles. The minimum atomic E-state index is -0.817. The Kier molecular flexibility index (Phi) is 3.41. The highest BCUT2D eigenvalue weighted by Crippen LogP contribution is 2.11. The third-order valence-corrected chi connectivity index (χ3v) is 2.91. The molecule has 1 amide bonds. The number of nitrogens with one attached hydrogen (secondary N) is 1. The summed E-state index contributed by atoms with van der Waals surface area (Å²) in [5, 5.41) is 12.3. The molecule has 0 unspecified atom stereocenters. The number of amides is 1. The van der Waals surface area contributed by atoms with Crippen molar-refractivity contribution in [3.8, 4) is 0 Å². The van der Waals surface area contributed by atoms with Gasteiger partial charge in [0.1, 0.15) is 0 Å². The molecule has 1 fully saturated rings. The quantitative estimate of drug-likeness (QED) is 0.787. The molecule has 1 saturated heterocycles. The van der Waals surface area contributed by atoms with Crippen LogP contribution in [-0.2, 0) is 6.42 Å². The van der Waals surface area contributed by atoms with E-state index in [1.807, 2.05) is 30.3 Å². The molecular weight excluding hydrogens is 204 g/mol. The van der Waals surface area contributed by atoms with Crippen LogP contribution in [0.25, 0.3) is 0 Å². The van der Waals surface area contributed by atoms with E-state index in [2.05, 4.69) is 5.32 Å². The van der Waals surface area contributed by atoms with Crippen molar-refractivity contribution in [3.63, 3.8) is 0 Å². The first kappa shape index (κ1) is 11.0. The first-order valence-electron chi connectivity index (χ1n) is 5.51. The van der Waals surface area contributed by atoms with Gasteiger partial charge in [-0.15, -0.1) is 0 Å². The predicted octanol–water partition coefficient (Wildman–Crippen LogP) is 1.18. The van der Waals surface area contributed by atoms with Crippen LogP contribution in [0.15, 0.2) is 30.3 Å². The second-order valence-corrected chi connectivity index (χ2v) is 4.02. The van der Waals surface area contributed by atoms with Crippen molar-refractivity contribution < 1.29 is 9.90 Å². The Morgan fingerprint density at radius 2 is 2.19 bits per heavy atom. The smallest absolute Gasteiger partial charge is 0.407 e. The molecule has 0 radical (unpaired) electrons. The number of benzene rings is 1. The molecule has 1 heterocycles. The lowest BCUT2D eigenvalue weighted by Gasteiger charge is -2.34. The van der Waals surface area contributed by atoms with Gasteiger partial charge in [0.15, 0.2) is 0 Å². The van der Waals surface area contributed by atoms with Crippen LogP contribution in [0.2, 0.25) is 0 Å². The number of rotatable bonds is 2. The maximum Gasteiger partial charge on any atom is 0.407 e. The maximum absolute atomic E-state index is 11.1. The molecule has 16 heavy (non-hydrogen) atoms. The Hall–Kier alpha value is -1.55. The summed E-state index contributed by atoms with van der Waals surface area (Å²) in [6.07, 6.45) is -0.0393. The lowest BCUT2D eigenvalue weighted by atomic mass is 10.0. The number of nitrogens with zero attached hydrogens (tertiary/aromatic N) is 1. The zero-order valence-corrected chi connectivity index (χ0v) is 9.10. The standard InChI is InChI=1S/C12H16N2O2/c15-12(16)14-7-6-13-9-11(14)8-10-4-2-1-3-5-10/h1-5,11,13H,6-9H2,(H,15,16)/t11-/m0/s1. The van der Waals surface area contributed by atoms with E-state index in [-0.39, 0.29) is 6.04 Å². The van der Waals surface area contributed by atoms with Crippen molar-refractivity contribution in [1.82, 2.24) is 10.2 Å². The van der Waals surface area contributed by atoms with Gasteiger partial charge in [-0.3, -0.25) is 0 Å². The molecule has 1 aromatic carbocycles. The third-order valence-electron chi connectivity index (χ3n) is 2.91. The van der Waals surface area contributed by atoms with E-state index >= 15 is 0 Å². The molecule has 0 aliphatic carbocycles. The van der Waals surface area contributed by atoms with E-state index in [0.717, 1.165) is 19.5 Å². The van der Waals surface area contributed by atoms with E-state index in [9.17, 15) is 4.79 Å². The van der Waals surface area contributed by atoms with E-state index in [0.29, 0.717) is 6.54 Å². The van der Waals surface area contributed by atoms with Gasteiger partial charge in [0.25, 0.3) is 0 Å². The lowest BCUT2D eigenvalue weighted by Crippen LogP contribution is -2.54. The van der Waals surface area contributed by atoms with Gasteiger partial charge < -0.3 is 15.3 Å². The lowest BCUT2D eigenvalue weighted by molar-refractivity contribution is 0.112. The van der Waals surface area contributed by atoms with Crippen molar-refractivity contribution in [2.75, 3.05) is 19.6 Å². The van der Waals surface area contributed by atoms with Gasteiger partial charge in [0.05, 0.1) is 6.04 Å². The molecule has 4 nitrogen and oxygen atoms in total. The highest BCUT2D eigenvalue weighted by molar-refractivity contribution is 5.65. The molecule has 1 aliphatic heterocycles. The molecule has 0 bridgehead atoms. The van der Waals surface area contributed by atoms with Crippen molar-refractivity contribution in [2.45, 2.75) is 12.5 Å². The van der Waals surface area contributed by atoms with Crippen molar-refractivity contribution in [3.05, 3.63) is 35.9 Å². The highest BCUT2D eigenvalue weighted by Gasteiger charge is 2.25. The number of hydrogen-bond acceptors (Lipinski definition) is 2. The number of hydrogen-bond donors (Lipinski definition) is 2. The summed E-state index contributed by atoms with van der Waals surface area (Å²) in [4.78, 5) is 12.6. The fourth-order valence-corrected chi connectivity index (χ4v) is 2.08. The summed E-state index contributed by atoms with van der Waals surface area (Å²) in [7, 11) is 0. The summed E-state index contributed by atoms with van der Waals surface area (Å²) in [5.41, 5.74) is 1.18. The van der Waals surface area contributed by atoms with Crippen LogP contribution in [0.4, 0.5) is 4.79 Å². The maximum atomic E-state index is 11.1. The minimum absolute atomic E-state index is 0.0497. The molecular formula is C12H16N2O2. The molecule has 2 rings (SSSR count). The monoisotopic (exact) mass is 220 g/mol. The van der Waals surface area contributed by atoms with Crippen molar-refractivity contribution >= 4 is 6.09 Å². The highest BCUT2D eigenvalue weighted by atomic mass is 16.4. The Morgan fingerprint density at radius 3 is 2.88 bits per heavy atom. The van der Waals surface area contributed by atoms with Crippen LogP contribution in [0.1, 0.15) is 5.56 Å². The van der Waals surface area contributed by atoms with Gasteiger partial charge in [-0.1, -0.05) is 30.3 Å². The van der Waals surface area contributed by atoms with Gasteiger partial charge in [0, 0.05) is 19.6 Å². The van der Waals surface area contributed by atoms with Crippen LogP contribution < -0.4 is 5.32 Å². The first-order chi connectivity index (χ1) is 7.77. The second-order valence-electron chi connectivity index (χ2n) is 4.02. The molecule has 4 heteroatoms. The zero-order valence-electron chi connectivity index (χ0n) is 9.10. The van der Waals surface area contributed by atoms with E-state index in [4.69, 9.17) is 5.11 Å². The fraction of sp³-hybridized carbons (Fsp3) is 0.417. The zero-order chi connectivity index (χ0) is 11.4. The van der Waals surface area contributed by atoms with Gasteiger partial charge in [-0.05, 0) is 12.0 Å². The van der Waals surface area contributed by atoms with Gasteiger partial charge >= 0.3 is 6.09 Å². The molecule has 0 saturated carbocycles. The van der Waals surface area contributed by atoms with Crippen molar-refractivity contribution in [1.29, 1.82) is 0 Å². The molecule has 1 aliphatic rings. The summed E-state index contributed by atoms with van der Waals surface area (Å²) < 4.78 is 0. The van der Waals surface area contributed by atoms with E-state index < -0.39 is 6.09 Å². The summed E-state index contributed by atoms with van der Waals surface area (Å²) in [6.45, 7) is 2.06. The molecule has 2 N–H and O–H groups in total. The largest absolute Gasteiger partial charge is 0.465 e. The number of piperazine rings is 1. The fourth-order valence-electron chi connectivity index (χ4n) is 2.08. The summed E-state index contributed by atoms with van der Waals surface area (Å²) in [5.74, 6) is 0. The normalized spacial score (nSPS) is 20.8. The Balaban J connectivity index is 2.04. The summed E-state index contributed by atoms with van der Waals surface area (Å²) >= 11 is 0. The molecule has 1 aromatic rings. The topological polar surface area (TPSA) is 52.6 Å².